The lowest BCUT2D eigenvalue weighted by molar-refractivity contribution is 0.0775. The van der Waals surface area contributed by atoms with Gasteiger partial charge in [0.25, 0.3) is 0 Å². The molecule has 0 bridgehead atoms. The average Bonchev–Trinajstić information content (AvgIpc) is 2.49. The number of fused-ring (bicyclic) bond motifs is 1. The summed E-state index contributed by atoms with van der Waals surface area (Å²) in [7, 11) is 0. The summed E-state index contributed by atoms with van der Waals surface area (Å²) in [5.41, 5.74) is 9.39. The lowest BCUT2D eigenvalue weighted by atomic mass is 9.83. The zero-order chi connectivity index (χ0) is 13.9. The van der Waals surface area contributed by atoms with Gasteiger partial charge in [-0.25, -0.2) is 0 Å². The van der Waals surface area contributed by atoms with E-state index in [1.807, 2.05) is 0 Å². The maximum absolute atomic E-state index is 6.56. The SMILES string of the molecule is CCCN1CCN(C2CCc3ccccc3C2N)CC1. The van der Waals surface area contributed by atoms with Crippen molar-refractivity contribution in [2.75, 3.05) is 32.7 Å². The minimum Gasteiger partial charge on any atom is -0.323 e. The highest BCUT2D eigenvalue weighted by molar-refractivity contribution is 5.33. The van der Waals surface area contributed by atoms with Gasteiger partial charge < -0.3 is 10.6 Å². The van der Waals surface area contributed by atoms with Gasteiger partial charge in [0, 0.05) is 38.3 Å². The molecule has 1 saturated heterocycles. The Morgan fingerprint density at radius 2 is 1.90 bits per heavy atom. The number of aryl methyl sites for hydroxylation is 1. The quantitative estimate of drug-likeness (QED) is 0.914. The molecule has 2 aliphatic rings. The molecule has 110 valence electrons. The second-order valence-electron chi connectivity index (χ2n) is 6.21. The van der Waals surface area contributed by atoms with Crippen molar-refractivity contribution in [1.82, 2.24) is 9.80 Å². The van der Waals surface area contributed by atoms with Crippen LogP contribution in [0.15, 0.2) is 24.3 Å². The molecule has 3 heteroatoms. The van der Waals surface area contributed by atoms with Crippen LogP contribution in [0.2, 0.25) is 0 Å². The molecule has 1 aromatic carbocycles. The van der Waals surface area contributed by atoms with Crippen LogP contribution in [0.1, 0.15) is 36.9 Å². The van der Waals surface area contributed by atoms with Gasteiger partial charge in [0.15, 0.2) is 0 Å². The zero-order valence-corrected chi connectivity index (χ0v) is 12.6. The van der Waals surface area contributed by atoms with Gasteiger partial charge >= 0.3 is 0 Å². The number of piperazine rings is 1. The largest absolute Gasteiger partial charge is 0.323 e. The highest BCUT2D eigenvalue weighted by Gasteiger charge is 2.32. The van der Waals surface area contributed by atoms with Crippen molar-refractivity contribution >= 4 is 0 Å². The van der Waals surface area contributed by atoms with Crippen LogP contribution in [0, 0.1) is 0 Å². The minimum atomic E-state index is 0.192. The number of benzene rings is 1. The number of rotatable bonds is 3. The van der Waals surface area contributed by atoms with E-state index in [0.29, 0.717) is 6.04 Å². The van der Waals surface area contributed by atoms with Crippen molar-refractivity contribution < 1.29 is 0 Å². The van der Waals surface area contributed by atoms with E-state index in [-0.39, 0.29) is 6.04 Å². The van der Waals surface area contributed by atoms with Gasteiger partial charge in [0.2, 0.25) is 0 Å². The monoisotopic (exact) mass is 273 g/mol. The van der Waals surface area contributed by atoms with Crippen LogP contribution >= 0.6 is 0 Å². The Balaban J connectivity index is 1.65. The summed E-state index contributed by atoms with van der Waals surface area (Å²) in [5, 5.41) is 0. The van der Waals surface area contributed by atoms with Crippen LogP contribution in [0.5, 0.6) is 0 Å². The molecule has 20 heavy (non-hydrogen) atoms. The third kappa shape index (κ3) is 2.76. The Bertz CT molecular complexity index is 438. The van der Waals surface area contributed by atoms with Crippen molar-refractivity contribution in [2.24, 2.45) is 5.73 Å². The van der Waals surface area contributed by atoms with Crippen molar-refractivity contribution in [3.05, 3.63) is 35.4 Å². The smallest absolute Gasteiger partial charge is 0.0455 e. The molecule has 2 N–H and O–H groups in total. The second-order valence-corrected chi connectivity index (χ2v) is 6.21. The van der Waals surface area contributed by atoms with Gasteiger partial charge in [-0.1, -0.05) is 31.2 Å². The van der Waals surface area contributed by atoms with Gasteiger partial charge in [0.05, 0.1) is 0 Å². The minimum absolute atomic E-state index is 0.192. The molecule has 2 unspecified atom stereocenters. The summed E-state index contributed by atoms with van der Waals surface area (Å²) < 4.78 is 0. The topological polar surface area (TPSA) is 32.5 Å². The Hall–Kier alpha value is -0.900. The van der Waals surface area contributed by atoms with Gasteiger partial charge in [-0.3, -0.25) is 4.90 Å². The molecule has 0 aromatic heterocycles. The molecule has 1 aliphatic carbocycles. The second kappa shape index (κ2) is 6.25. The van der Waals surface area contributed by atoms with Crippen molar-refractivity contribution in [2.45, 2.75) is 38.3 Å². The highest BCUT2D eigenvalue weighted by Crippen LogP contribution is 2.31. The predicted molar refractivity (Wildman–Crippen MR) is 83.8 cm³/mol. The third-order valence-corrected chi connectivity index (χ3v) is 4.95. The molecular formula is C17H27N3. The normalized spacial score (nSPS) is 28.3. The lowest BCUT2D eigenvalue weighted by Gasteiger charge is -2.43. The van der Waals surface area contributed by atoms with Crippen molar-refractivity contribution in [1.29, 1.82) is 0 Å². The summed E-state index contributed by atoms with van der Waals surface area (Å²) in [4.78, 5) is 5.21. The standard InChI is InChI=1S/C17H27N3/c1-2-9-19-10-12-20(13-11-19)16-8-7-14-5-3-4-6-15(14)17(16)18/h3-6,16-17H,2,7-13,18H2,1H3. The zero-order valence-electron chi connectivity index (χ0n) is 12.6. The molecule has 0 amide bonds. The van der Waals surface area contributed by atoms with E-state index in [2.05, 4.69) is 41.0 Å². The van der Waals surface area contributed by atoms with E-state index in [1.54, 1.807) is 0 Å². The fraction of sp³-hybridized carbons (Fsp3) is 0.647. The molecule has 0 spiro atoms. The first-order valence-corrected chi connectivity index (χ1v) is 8.09. The summed E-state index contributed by atoms with van der Waals surface area (Å²) in [6.07, 6.45) is 3.66. The fourth-order valence-corrected chi connectivity index (χ4v) is 3.82. The van der Waals surface area contributed by atoms with Gasteiger partial charge in [-0.2, -0.15) is 0 Å². The van der Waals surface area contributed by atoms with Crippen LogP contribution in [0.3, 0.4) is 0 Å². The summed E-state index contributed by atoms with van der Waals surface area (Å²) in [5.74, 6) is 0. The summed E-state index contributed by atoms with van der Waals surface area (Å²) in [6.45, 7) is 8.28. The third-order valence-electron chi connectivity index (χ3n) is 4.95. The maximum Gasteiger partial charge on any atom is 0.0455 e. The summed E-state index contributed by atoms with van der Waals surface area (Å²) >= 11 is 0. The number of nitrogens with zero attached hydrogens (tertiary/aromatic N) is 2. The number of nitrogens with two attached hydrogens (primary N) is 1. The van der Waals surface area contributed by atoms with E-state index in [4.69, 9.17) is 5.73 Å². The Labute approximate surface area is 122 Å². The molecule has 1 heterocycles. The Kier molecular flexibility index (Phi) is 4.39. The number of hydrogen-bond donors (Lipinski definition) is 1. The first-order chi connectivity index (χ1) is 9.79. The first kappa shape index (κ1) is 14.1. The Morgan fingerprint density at radius 3 is 2.65 bits per heavy atom. The van der Waals surface area contributed by atoms with E-state index < -0.39 is 0 Å². The summed E-state index contributed by atoms with van der Waals surface area (Å²) in [6, 6.07) is 9.45. The predicted octanol–water partition coefficient (Wildman–Crippen LogP) is 2.03. The highest BCUT2D eigenvalue weighted by atomic mass is 15.3. The molecule has 1 fully saturated rings. The van der Waals surface area contributed by atoms with Gasteiger partial charge in [-0.05, 0) is 36.9 Å². The van der Waals surface area contributed by atoms with E-state index in [0.717, 1.165) is 0 Å². The van der Waals surface area contributed by atoms with Crippen molar-refractivity contribution in [3.8, 4) is 0 Å². The molecule has 3 rings (SSSR count). The molecule has 0 saturated carbocycles. The molecule has 2 atom stereocenters. The van der Waals surface area contributed by atoms with E-state index in [1.165, 1.54) is 63.1 Å². The van der Waals surface area contributed by atoms with Crippen molar-refractivity contribution in [3.63, 3.8) is 0 Å². The van der Waals surface area contributed by atoms with Crippen LogP contribution in [-0.4, -0.2) is 48.6 Å². The molecular weight excluding hydrogens is 246 g/mol. The molecule has 1 aliphatic heterocycles. The van der Waals surface area contributed by atoms with E-state index in [9.17, 15) is 0 Å². The van der Waals surface area contributed by atoms with Crippen LogP contribution < -0.4 is 5.73 Å². The molecule has 1 aromatic rings. The van der Waals surface area contributed by atoms with Crippen LogP contribution in [0.4, 0.5) is 0 Å². The van der Waals surface area contributed by atoms with Gasteiger partial charge in [-0.15, -0.1) is 0 Å². The maximum atomic E-state index is 6.56. The molecule has 3 nitrogen and oxygen atoms in total. The van der Waals surface area contributed by atoms with Crippen LogP contribution in [-0.2, 0) is 6.42 Å². The number of hydrogen-bond acceptors (Lipinski definition) is 3. The average molecular weight is 273 g/mol. The first-order valence-electron chi connectivity index (χ1n) is 8.09. The van der Waals surface area contributed by atoms with Crippen LogP contribution in [0.25, 0.3) is 0 Å². The Morgan fingerprint density at radius 1 is 1.15 bits per heavy atom. The molecule has 0 radical (unpaired) electrons. The van der Waals surface area contributed by atoms with Gasteiger partial charge in [0.1, 0.15) is 0 Å². The fourth-order valence-electron chi connectivity index (χ4n) is 3.82. The lowest BCUT2D eigenvalue weighted by Crippen LogP contribution is -2.54. The van der Waals surface area contributed by atoms with E-state index >= 15 is 0 Å².